The molecule has 0 unspecified atom stereocenters. The number of carbonyl (C=O) groups excluding carboxylic acids is 1. The van der Waals surface area contributed by atoms with Gasteiger partial charge in [0.1, 0.15) is 5.75 Å². The number of nitrogens with zero attached hydrogens (tertiary/aromatic N) is 1. The Hall–Kier alpha value is -2.33. The molecule has 4 heteroatoms. The van der Waals surface area contributed by atoms with Crippen molar-refractivity contribution in [3.8, 4) is 5.75 Å². The Morgan fingerprint density at radius 1 is 1.21 bits per heavy atom. The van der Waals surface area contributed by atoms with E-state index in [2.05, 4.69) is 12.1 Å². The van der Waals surface area contributed by atoms with Gasteiger partial charge in [0.15, 0.2) is 0 Å². The van der Waals surface area contributed by atoms with Crippen LogP contribution in [0.25, 0.3) is 0 Å². The minimum atomic E-state index is 0.0386. The van der Waals surface area contributed by atoms with E-state index >= 15 is 0 Å². The third kappa shape index (κ3) is 3.02. The number of hydrogen-bond acceptors (Lipinski definition) is 3. The van der Waals surface area contributed by atoms with E-state index in [9.17, 15) is 9.90 Å². The van der Waals surface area contributed by atoms with Gasteiger partial charge in [-0.3, -0.25) is 4.79 Å². The topological polar surface area (TPSA) is 49.8 Å². The molecule has 4 nitrogen and oxygen atoms in total. The molecule has 0 aliphatic carbocycles. The molecule has 0 fully saturated rings. The van der Waals surface area contributed by atoms with Crippen LogP contribution in [0.15, 0.2) is 36.4 Å². The van der Waals surface area contributed by atoms with Crippen molar-refractivity contribution in [1.82, 2.24) is 4.90 Å². The molecule has 126 valence electrons. The summed E-state index contributed by atoms with van der Waals surface area (Å²) < 4.78 is 5.49. The highest BCUT2D eigenvalue weighted by atomic mass is 16.5. The van der Waals surface area contributed by atoms with Crippen LogP contribution in [0.5, 0.6) is 5.75 Å². The van der Waals surface area contributed by atoms with Crippen LogP contribution in [0, 0.1) is 6.92 Å². The molecule has 2 aromatic rings. The fourth-order valence-electron chi connectivity index (χ4n) is 3.41. The van der Waals surface area contributed by atoms with Crippen LogP contribution in [0.1, 0.15) is 32.6 Å². The molecule has 3 rings (SSSR count). The van der Waals surface area contributed by atoms with Crippen LogP contribution in [0.3, 0.4) is 0 Å². The zero-order valence-corrected chi connectivity index (χ0v) is 14.2. The highest BCUT2D eigenvalue weighted by Crippen LogP contribution is 2.35. The molecular weight excluding hydrogens is 302 g/mol. The molecule has 0 aromatic heterocycles. The third-order valence-electron chi connectivity index (χ3n) is 4.67. The number of aliphatic hydroxyl groups excluding tert-OH is 1. The number of ether oxygens (including phenoxy) is 1. The summed E-state index contributed by atoms with van der Waals surface area (Å²) in [6, 6.07) is 12.2. The summed E-state index contributed by atoms with van der Waals surface area (Å²) in [6.07, 6.45) is 1.33. The predicted octanol–water partition coefficient (Wildman–Crippen LogP) is 2.74. The first-order chi connectivity index (χ1) is 11.7. The monoisotopic (exact) mass is 325 g/mol. The molecule has 1 N–H and O–H groups in total. The number of aliphatic hydroxyl groups is 1. The minimum Gasteiger partial charge on any atom is -0.496 e. The number of amides is 1. The van der Waals surface area contributed by atoms with E-state index in [0.29, 0.717) is 19.5 Å². The van der Waals surface area contributed by atoms with E-state index in [1.54, 1.807) is 7.11 Å². The van der Waals surface area contributed by atoms with Gasteiger partial charge in [0.25, 0.3) is 5.91 Å². The molecule has 0 bridgehead atoms. The van der Waals surface area contributed by atoms with Crippen LogP contribution < -0.4 is 4.74 Å². The Balaban J connectivity index is 1.87. The molecule has 1 amide bonds. The van der Waals surface area contributed by atoms with E-state index in [-0.39, 0.29) is 12.5 Å². The average molecular weight is 325 g/mol. The number of carbonyl (C=O) groups is 1. The summed E-state index contributed by atoms with van der Waals surface area (Å²) in [5.41, 5.74) is 4.84. The lowest BCUT2D eigenvalue weighted by molar-refractivity contribution is 0.0779. The molecule has 0 saturated heterocycles. The smallest absolute Gasteiger partial charge is 0.254 e. The summed E-state index contributed by atoms with van der Waals surface area (Å²) in [5, 5.41) is 9.35. The number of aryl methyl sites for hydroxylation is 1. The van der Waals surface area contributed by atoms with Crippen molar-refractivity contribution in [2.75, 3.05) is 20.3 Å². The Kier molecular flexibility index (Phi) is 4.86. The van der Waals surface area contributed by atoms with E-state index in [4.69, 9.17) is 4.74 Å². The minimum absolute atomic E-state index is 0.0386. The van der Waals surface area contributed by atoms with Gasteiger partial charge in [-0.1, -0.05) is 30.3 Å². The zero-order valence-electron chi connectivity index (χ0n) is 14.2. The molecule has 0 saturated carbocycles. The lowest BCUT2D eigenvalue weighted by Crippen LogP contribution is -2.26. The summed E-state index contributed by atoms with van der Waals surface area (Å²) in [7, 11) is 1.64. The Morgan fingerprint density at radius 2 is 1.96 bits per heavy atom. The first-order valence-electron chi connectivity index (χ1n) is 8.29. The van der Waals surface area contributed by atoms with Gasteiger partial charge in [-0.25, -0.2) is 0 Å². The van der Waals surface area contributed by atoms with Crippen LogP contribution in [-0.4, -0.2) is 36.2 Å². The molecule has 0 radical (unpaired) electrons. The van der Waals surface area contributed by atoms with E-state index in [1.807, 2.05) is 36.1 Å². The second kappa shape index (κ2) is 7.05. The second-order valence-corrected chi connectivity index (χ2v) is 6.16. The van der Waals surface area contributed by atoms with Crippen molar-refractivity contribution in [2.45, 2.75) is 26.3 Å². The van der Waals surface area contributed by atoms with Gasteiger partial charge in [-0.05, 0) is 42.5 Å². The summed E-state index contributed by atoms with van der Waals surface area (Å²) in [6.45, 7) is 3.26. The van der Waals surface area contributed by atoms with Crippen LogP contribution in [0.4, 0.5) is 0 Å². The lowest BCUT2D eigenvalue weighted by atomic mass is 9.95. The van der Waals surface area contributed by atoms with E-state index < -0.39 is 0 Å². The van der Waals surface area contributed by atoms with Crippen LogP contribution in [-0.2, 0) is 19.4 Å². The maximum atomic E-state index is 12.9. The van der Waals surface area contributed by atoms with Gasteiger partial charge in [-0.2, -0.15) is 0 Å². The number of rotatable bonds is 6. The van der Waals surface area contributed by atoms with Crippen molar-refractivity contribution in [2.24, 2.45) is 0 Å². The van der Waals surface area contributed by atoms with Gasteiger partial charge < -0.3 is 14.7 Å². The molecule has 24 heavy (non-hydrogen) atoms. The van der Waals surface area contributed by atoms with Gasteiger partial charge in [0, 0.05) is 18.7 Å². The van der Waals surface area contributed by atoms with Crippen molar-refractivity contribution in [3.05, 3.63) is 64.2 Å². The SMILES string of the molecule is COc1cc(C)c(CCO)c2c1CN(CCc1ccccc1)C2=O. The highest BCUT2D eigenvalue weighted by Gasteiger charge is 2.33. The van der Waals surface area contributed by atoms with Crippen molar-refractivity contribution in [3.63, 3.8) is 0 Å². The molecule has 0 spiro atoms. The fraction of sp³-hybridized carbons (Fsp3) is 0.350. The Labute approximate surface area is 142 Å². The summed E-state index contributed by atoms with van der Waals surface area (Å²) in [4.78, 5) is 14.8. The van der Waals surface area contributed by atoms with Gasteiger partial charge in [0.05, 0.1) is 19.2 Å². The maximum Gasteiger partial charge on any atom is 0.254 e. The maximum absolute atomic E-state index is 12.9. The second-order valence-electron chi connectivity index (χ2n) is 6.16. The van der Waals surface area contributed by atoms with E-state index in [1.165, 1.54) is 5.56 Å². The van der Waals surface area contributed by atoms with Gasteiger partial charge >= 0.3 is 0 Å². The largest absolute Gasteiger partial charge is 0.496 e. The fourth-order valence-corrected chi connectivity index (χ4v) is 3.41. The quantitative estimate of drug-likeness (QED) is 0.888. The number of fused-ring (bicyclic) bond motifs is 1. The zero-order chi connectivity index (χ0) is 17.1. The van der Waals surface area contributed by atoms with Crippen LogP contribution >= 0.6 is 0 Å². The lowest BCUT2D eigenvalue weighted by Gasteiger charge is -2.15. The standard InChI is InChI=1S/C20H23NO3/c1-14-12-18(24-2)17-13-21(10-8-15-6-4-3-5-7-15)20(23)19(17)16(14)9-11-22/h3-7,12,22H,8-11,13H2,1-2H3. The first-order valence-corrected chi connectivity index (χ1v) is 8.29. The average Bonchev–Trinajstić information content (AvgIpc) is 2.93. The molecule has 2 aromatic carbocycles. The van der Waals surface area contributed by atoms with Crippen molar-refractivity contribution >= 4 is 5.91 Å². The van der Waals surface area contributed by atoms with Crippen LogP contribution in [0.2, 0.25) is 0 Å². The predicted molar refractivity (Wildman–Crippen MR) is 93.4 cm³/mol. The molecule has 1 aliphatic rings. The highest BCUT2D eigenvalue weighted by molar-refractivity contribution is 6.01. The number of methoxy groups -OCH3 is 1. The number of benzene rings is 2. The van der Waals surface area contributed by atoms with Crippen molar-refractivity contribution < 1.29 is 14.6 Å². The van der Waals surface area contributed by atoms with Gasteiger partial charge in [0.2, 0.25) is 0 Å². The summed E-state index contributed by atoms with van der Waals surface area (Å²) >= 11 is 0. The molecule has 0 atom stereocenters. The third-order valence-corrected chi connectivity index (χ3v) is 4.67. The first kappa shape index (κ1) is 16.5. The number of hydrogen-bond donors (Lipinski definition) is 1. The Bertz CT molecular complexity index is 740. The van der Waals surface area contributed by atoms with Gasteiger partial charge in [-0.15, -0.1) is 0 Å². The summed E-state index contributed by atoms with van der Waals surface area (Å²) in [5.74, 6) is 0.811. The van der Waals surface area contributed by atoms with E-state index in [0.717, 1.165) is 34.4 Å². The Morgan fingerprint density at radius 3 is 2.62 bits per heavy atom. The van der Waals surface area contributed by atoms with Crippen molar-refractivity contribution in [1.29, 1.82) is 0 Å². The normalized spacial score (nSPS) is 13.3. The molecule has 1 aliphatic heterocycles. The molecule has 1 heterocycles. The molecular formula is C20H23NO3.